The van der Waals surface area contributed by atoms with Crippen LogP contribution in [0.4, 0.5) is 0 Å². The molecule has 1 N–H and O–H groups in total. The summed E-state index contributed by atoms with van der Waals surface area (Å²) in [7, 11) is 2.19. The lowest BCUT2D eigenvalue weighted by Gasteiger charge is -2.53. The van der Waals surface area contributed by atoms with E-state index in [0.29, 0.717) is 0 Å². The summed E-state index contributed by atoms with van der Waals surface area (Å²) in [6, 6.07) is 0. The highest BCUT2D eigenvalue weighted by Crippen LogP contribution is 2.34. The standard InChI is InChI=1S/C13H24N2O2/c1-15-7-8-16-10-12(15)9-14-13(17-11-12)5-3-2-4-6-13/h14H,2-11H2,1H3. The van der Waals surface area contributed by atoms with E-state index < -0.39 is 0 Å². The van der Waals surface area contributed by atoms with Gasteiger partial charge in [0.2, 0.25) is 0 Å². The Morgan fingerprint density at radius 1 is 1.12 bits per heavy atom. The van der Waals surface area contributed by atoms with Gasteiger partial charge in [-0.25, -0.2) is 0 Å². The SMILES string of the molecule is CN1CCOCC12CNC1(CCCCC1)OC2. The number of ether oxygens (including phenoxy) is 2. The third-order valence-electron chi connectivity index (χ3n) is 4.77. The van der Waals surface area contributed by atoms with Crippen molar-refractivity contribution in [2.45, 2.75) is 43.4 Å². The van der Waals surface area contributed by atoms with Crippen molar-refractivity contribution >= 4 is 0 Å². The van der Waals surface area contributed by atoms with E-state index in [4.69, 9.17) is 9.47 Å². The molecule has 3 aliphatic rings. The van der Waals surface area contributed by atoms with Gasteiger partial charge in [0.05, 0.1) is 25.4 Å². The molecule has 0 amide bonds. The molecule has 2 aliphatic heterocycles. The Balaban J connectivity index is 1.66. The topological polar surface area (TPSA) is 33.7 Å². The van der Waals surface area contributed by atoms with Crippen LogP contribution < -0.4 is 5.32 Å². The first-order valence-electron chi connectivity index (χ1n) is 6.93. The van der Waals surface area contributed by atoms with Crippen molar-refractivity contribution in [3.05, 3.63) is 0 Å². The normalized spacial score (nSPS) is 38.6. The summed E-state index contributed by atoms with van der Waals surface area (Å²) in [5.41, 5.74) is 0.0583. The molecular formula is C13H24N2O2. The maximum absolute atomic E-state index is 6.24. The number of nitrogens with one attached hydrogen (secondary N) is 1. The summed E-state index contributed by atoms with van der Waals surface area (Å²) < 4.78 is 11.9. The number of hydrogen-bond acceptors (Lipinski definition) is 4. The number of hydrogen-bond donors (Lipinski definition) is 1. The quantitative estimate of drug-likeness (QED) is 0.684. The van der Waals surface area contributed by atoms with Crippen LogP contribution in [0.2, 0.25) is 0 Å². The fraction of sp³-hybridized carbons (Fsp3) is 1.00. The minimum absolute atomic E-state index is 0.0121. The van der Waals surface area contributed by atoms with Gasteiger partial charge in [0.1, 0.15) is 5.72 Å². The largest absolute Gasteiger partial charge is 0.378 e. The predicted molar refractivity (Wildman–Crippen MR) is 66.0 cm³/mol. The van der Waals surface area contributed by atoms with Gasteiger partial charge in [-0.05, 0) is 32.7 Å². The molecule has 1 unspecified atom stereocenters. The highest BCUT2D eigenvalue weighted by atomic mass is 16.5. The first kappa shape index (κ1) is 11.9. The lowest BCUT2D eigenvalue weighted by Crippen LogP contribution is -2.70. The highest BCUT2D eigenvalue weighted by molar-refractivity contribution is 5.00. The molecule has 2 saturated heterocycles. The number of morpholine rings is 1. The van der Waals surface area contributed by atoms with Gasteiger partial charge >= 0.3 is 0 Å². The number of nitrogens with zero attached hydrogens (tertiary/aromatic N) is 1. The molecule has 0 aromatic carbocycles. The van der Waals surface area contributed by atoms with Gasteiger partial charge in [0, 0.05) is 13.1 Å². The van der Waals surface area contributed by atoms with E-state index in [1.165, 1.54) is 32.1 Å². The predicted octanol–water partition coefficient (Wildman–Crippen LogP) is 0.967. The Bertz CT molecular complexity index is 267. The van der Waals surface area contributed by atoms with E-state index in [2.05, 4.69) is 17.3 Å². The molecule has 0 aromatic rings. The lowest BCUT2D eigenvalue weighted by atomic mass is 9.87. The molecule has 0 radical (unpaired) electrons. The van der Waals surface area contributed by atoms with E-state index in [1.807, 2.05) is 0 Å². The van der Waals surface area contributed by atoms with Gasteiger partial charge in [-0.3, -0.25) is 10.2 Å². The fourth-order valence-electron chi connectivity index (χ4n) is 3.29. The molecule has 2 spiro atoms. The van der Waals surface area contributed by atoms with Crippen LogP contribution in [-0.4, -0.2) is 56.1 Å². The molecule has 1 atom stereocenters. The zero-order chi connectivity index (χ0) is 11.8. The highest BCUT2D eigenvalue weighted by Gasteiger charge is 2.47. The van der Waals surface area contributed by atoms with Crippen molar-refractivity contribution < 1.29 is 9.47 Å². The summed E-state index contributed by atoms with van der Waals surface area (Å²) >= 11 is 0. The van der Waals surface area contributed by atoms with Crippen LogP contribution in [0, 0.1) is 0 Å². The van der Waals surface area contributed by atoms with Crippen LogP contribution in [0.1, 0.15) is 32.1 Å². The van der Waals surface area contributed by atoms with Crippen LogP contribution in [0.3, 0.4) is 0 Å². The van der Waals surface area contributed by atoms with Gasteiger partial charge < -0.3 is 9.47 Å². The minimum Gasteiger partial charge on any atom is -0.378 e. The van der Waals surface area contributed by atoms with Crippen LogP contribution in [0.25, 0.3) is 0 Å². The summed E-state index contributed by atoms with van der Waals surface area (Å²) in [4.78, 5) is 2.40. The molecule has 0 aromatic heterocycles. The first-order valence-corrected chi connectivity index (χ1v) is 6.93. The molecule has 2 heterocycles. The average molecular weight is 240 g/mol. The van der Waals surface area contributed by atoms with Crippen LogP contribution >= 0.6 is 0 Å². The molecular weight excluding hydrogens is 216 g/mol. The van der Waals surface area contributed by atoms with Gasteiger partial charge in [0.25, 0.3) is 0 Å². The molecule has 98 valence electrons. The maximum Gasteiger partial charge on any atom is 0.119 e. The smallest absolute Gasteiger partial charge is 0.119 e. The Morgan fingerprint density at radius 3 is 2.59 bits per heavy atom. The van der Waals surface area contributed by atoms with Gasteiger partial charge in [-0.2, -0.15) is 0 Å². The van der Waals surface area contributed by atoms with Gasteiger partial charge in [0.15, 0.2) is 0 Å². The molecule has 4 nitrogen and oxygen atoms in total. The first-order chi connectivity index (χ1) is 8.25. The Kier molecular flexibility index (Phi) is 3.15. The van der Waals surface area contributed by atoms with Crippen LogP contribution in [0.5, 0.6) is 0 Å². The van der Waals surface area contributed by atoms with E-state index in [1.54, 1.807) is 0 Å². The fourth-order valence-corrected chi connectivity index (χ4v) is 3.29. The van der Waals surface area contributed by atoms with E-state index in [-0.39, 0.29) is 11.3 Å². The second-order valence-electron chi connectivity index (χ2n) is 5.90. The summed E-state index contributed by atoms with van der Waals surface area (Å²) in [6.45, 7) is 4.48. The monoisotopic (exact) mass is 240 g/mol. The van der Waals surface area contributed by atoms with Crippen molar-refractivity contribution in [2.75, 3.05) is 40.0 Å². The molecule has 1 saturated carbocycles. The van der Waals surface area contributed by atoms with Crippen LogP contribution in [-0.2, 0) is 9.47 Å². The Morgan fingerprint density at radius 2 is 1.94 bits per heavy atom. The minimum atomic E-state index is -0.0121. The van der Waals surface area contributed by atoms with Crippen LogP contribution in [0.15, 0.2) is 0 Å². The number of likely N-dealkylation sites (N-methyl/N-ethyl adjacent to an activating group) is 1. The maximum atomic E-state index is 6.24. The molecule has 3 rings (SSSR count). The lowest BCUT2D eigenvalue weighted by molar-refractivity contribution is -0.193. The molecule has 1 aliphatic carbocycles. The Labute approximate surface area is 104 Å². The van der Waals surface area contributed by atoms with Gasteiger partial charge in [-0.15, -0.1) is 0 Å². The van der Waals surface area contributed by atoms with Crippen molar-refractivity contribution in [3.63, 3.8) is 0 Å². The van der Waals surface area contributed by atoms with Crippen molar-refractivity contribution in [1.82, 2.24) is 10.2 Å². The van der Waals surface area contributed by atoms with E-state index in [9.17, 15) is 0 Å². The molecule has 0 bridgehead atoms. The third-order valence-corrected chi connectivity index (χ3v) is 4.77. The zero-order valence-corrected chi connectivity index (χ0v) is 10.8. The van der Waals surface area contributed by atoms with E-state index in [0.717, 1.165) is 32.9 Å². The second kappa shape index (κ2) is 4.50. The number of rotatable bonds is 0. The summed E-state index contributed by atoms with van der Waals surface area (Å²) in [5, 5.41) is 3.68. The average Bonchev–Trinajstić information content (AvgIpc) is 2.38. The third kappa shape index (κ3) is 2.12. The molecule has 17 heavy (non-hydrogen) atoms. The van der Waals surface area contributed by atoms with Crippen molar-refractivity contribution in [3.8, 4) is 0 Å². The van der Waals surface area contributed by atoms with Crippen molar-refractivity contribution in [2.24, 2.45) is 0 Å². The molecule has 3 fully saturated rings. The summed E-state index contributed by atoms with van der Waals surface area (Å²) in [5.74, 6) is 0. The zero-order valence-electron chi connectivity index (χ0n) is 10.8. The van der Waals surface area contributed by atoms with E-state index >= 15 is 0 Å². The van der Waals surface area contributed by atoms with Gasteiger partial charge in [-0.1, -0.05) is 6.42 Å². The Hall–Kier alpha value is -0.160. The summed E-state index contributed by atoms with van der Waals surface area (Å²) in [6.07, 6.45) is 6.31. The van der Waals surface area contributed by atoms with Crippen molar-refractivity contribution in [1.29, 1.82) is 0 Å². The second-order valence-corrected chi connectivity index (χ2v) is 5.90. The molecule has 4 heteroatoms.